The van der Waals surface area contributed by atoms with Crippen LogP contribution in [0, 0.1) is 12.7 Å². The highest BCUT2D eigenvalue weighted by Gasteiger charge is 2.16. The van der Waals surface area contributed by atoms with Crippen molar-refractivity contribution in [2.24, 2.45) is 0 Å². The molecule has 0 spiro atoms. The minimum absolute atomic E-state index is 0.123. The molecule has 0 fully saturated rings. The zero-order valence-corrected chi connectivity index (χ0v) is 17.6. The van der Waals surface area contributed by atoms with Crippen LogP contribution in [0.3, 0.4) is 0 Å². The molecule has 0 radical (unpaired) electrons. The average molecular weight is 421 g/mol. The van der Waals surface area contributed by atoms with E-state index >= 15 is 0 Å². The van der Waals surface area contributed by atoms with Crippen molar-refractivity contribution in [1.82, 2.24) is 4.98 Å². The number of ether oxygens (including phenoxy) is 3. The van der Waals surface area contributed by atoms with E-state index in [2.05, 4.69) is 4.98 Å². The fraction of sp³-hybridized carbons (Fsp3) is 0.280. The summed E-state index contributed by atoms with van der Waals surface area (Å²) in [7, 11) is 1.37. The van der Waals surface area contributed by atoms with Gasteiger partial charge in [-0.25, -0.2) is 9.37 Å². The first-order valence-corrected chi connectivity index (χ1v) is 10.2. The highest BCUT2D eigenvalue weighted by Crippen LogP contribution is 2.32. The molecule has 2 heterocycles. The van der Waals surface area contributed by atoms with Crippen LogP contribution in [0.4, 0.5) is 4.39 Å². The fourth-order valence-corrected chi connectivity index (χ4v) is 3.73. The van der Waals surface area contributed by atoms with Crippen molar-refractivity contribution in [3.8, 4) is 22.9 Å². The van der Waals surface area contributed by atoms with Gasteiger partial charge in [-0.05, 0) is 60.7 Å². The lowest BCUT2D eigenvalue weighted by atomic mass is 9.99. The van der Waals surface area contributed by atoms with Crippen molar-refractivity contribution in [3.05, 3.63) is 76.6 Å². The summed E-state index contributed by atoms with van der Waals surface area (Å²) >= 11 is 0. The van der Waals surface area contributed by atoms with Gasteiger partial charge in [0.15, 0.2) is 0 Å². The Morgan fingerprint density at radius 1 is 1.13 bits per heavy atom. The standard InChI is InChI=1S/C25H24FNO4/c1-16-11-19(13-25(28)29-2)23-14-21(16)22-6-3-7-24(27-22)31-15-18-8-9-20(26)12-17(18)5-4-10-30-23/h3,6-9,11-12,14H,4-5,10,13,15H2,1-2H3. The van der Waals surface area contributed by atoms with Crippen molar-refractivity contribution in [2.45, 2.75) is 32.8 Å². The molecule has 31 heavy (non-hydrogen) atoms. The Morgan fingerprint density at radius 2 is 2.00 bits per heavy atom. The topological polar surface area (TPSA) is 57.7 Å². The number of carbonyl (C=O) groups excluding carboxylic acids is 1. The third-order valence-corrected chi connectivity index (χ3v) is 5.36. The van der Waals surface area contributed by atoms with E-state index in [0.29, 0.717) is 37.7 Å². The molecule has 160 valence electrons. The number of esters is 1. The van der Waals surface area contributed by atoms with Crippen LogP contribution >= 0.6 is 0 Å². The molecule has 0 saturated carbocycles. The van der Waals surface area contributed by atoms with Crippen LogP contribution in [0.2, 0.25) is 0 Å². The van der Waals surface area contributed by atoms with Gasteiger partial charge in [-0.1, -0.05) is 18.2 Å². The number of carbonyl (C=O) groups is 1. The number of benzene rings is 2. The lowest BCUT2D eigenvalue weighted by Gasteiger charge is -2.17. The van der Waals surface area contributed by atoms with Crippen molar-refractivity contribution >= 4 is 5.97 Å². The predicted octanol–water partition coefficient (Wildman–Crippen LogP) is 4.82. The van der Waals surface area contributed by atoms with Crippen LogP contribution in [0.5, 0.6) is 11.6 Å². The van der Waals surface area contributed by atoms with Gasteiger partial charge < -0.3 is 14.2 Å². The Bertz CT molecular complexity index is 1110. The molecule has 0 N–H and O–H groups in total. The highest BCUT2D eigenvalue weighted by molar-refractivity contribution is 5.75. The largest absolute Gasteiger partial charge is 0.493 e. The van der Waals surface area contributed by atoms with E-state index < -0.39 is 0 Å². The van der Waals surface area contributed by atoms with Gasteiger partial charge in [0.1, 0.15) is 18.2 Å². The maximum atomic E-state index is 13.8. The summed E-state index contributed by atoms with van der Waals surface area (Å²) in [6.45, 7) is 2.72. The first kappa shape index (κ1) is 20.8. The van der Waals surface area contributed by atoms with Crippen LogP contribution in [0.15, 0.2) is 48.5 Å². The van der Waals surface area contributed by atoms with Crippen molar-refractivity contribution in [1.29, 1.82) is 0 Å². The van der Waals surface area contributed by atoms with Gasteiger partial charge in [0.2, 0.25) is 5.88 Å². The molecule has 2 aromatic carbocycles. The molecule has 4 bridgehead atoms. The van der Waals surface area contributed by atoms with Gasteiger partial charge in [-0.2, -0.15) is 0 Å². The van der Waals surface area contributed by atoms with Gasteiger partial charge >= 0.3 is 5.97 Å². The number of aromatic nitrogens is 1. The zero-order valence-electron chi connectivity index (χ0n) is 17.6. The monoisotopic (exact) mass is 421 g/mol. The van der Waals surface area contributed by atoms with E-state index in [9.17, 15) is 9.18 Å². The Balaban J connectivity index is 1.75. The van der Waals surface area contributed by atoms with E-state index in [-0.39, 0.29) is 18.2 Å². The third-order valence-electron chi connectivity index (χ3n) is 5.36. The third kappa shape index (κ3) is 4.85. The Kier molecular flexibility index (Phi) is 6.16. The second-order valence-electron chi connectivity index (χ2n) is 7.54. The van der Waals surface area contributed by atoms with Crippen LogP contribution in [0.25, 0.3) is 11.3 Å². The first-order chi connectivity index (χ1) is 15.0. The minimum Gasteiger partial charge on any atom is -0.493 e. The minimum atomic E-state index is -0.329. The quantitative estimate of drug-likeness (QED) is 0.556. The molecule has 0 amide bonds. The van der Waals surface area contributed by atoms with Gasteiger partial charge in [0, 0.05) is 17.2 Å². The molecule has 6 heteroatoms. The maximum Gasteiger partial charge on any atom is 0.310 e. The second kappa shape index (κ2) is 9.16. The summed E-state index contributed by atoms with van der Waals surface area (Å²) in [5.41, 5.74) is 5.21. The first-order valence-electron chi connectivity index (χ1n) is 10.2. The van der Waals surface area contributed by atoms with E-state index in [1.807, 2.05) is 31.2 Å². The second-order valence-corrected chi connectivity index (χ2v) is 7.54. The van der Waals surface area contributed by atoms with E-state index in [4.69, 9.17) is 14.2 Å². The van der Waals surface area contributed by atoms with Crippen molar-refractivity contribution < 1.29 is 23.4 Å². The summed E-state index contributed by atoms with van der Waals surface area (Å²) in [4.78, 5) is 16.5. The number of rotatable bonds is 2. The molecule has 1 aliphatic rings. The molecule has 0 atom stereocenters. The summed E-state index contributed by atoms with van der Waals surface area (Å²) in [6.07, 6.45) is 1.47. The number of halogens is 1. The number of nitrogens with zero attached hydrogens (tertiary/aromatic N) is 1. The molecular formula is C25H24FNO4. The number of fused-ring (bicyclic) bond motifs is 6. The predicted molar refractivity (Wildman–Crippen MR) is 115 cm³/mol. The molecule has 0 saturated heterocycles. The number of pyridine rings is 1. The fourth-order valence-electron chi connectivity index (χ4n) is 3.73. The summed E-state index contributed by atoms with van der Waals surface area (Å²) in [5.74, 6) is 0.509. The molecule has 3 aromatic rings. The zero-order chi connectivity index (χ0) is 21.8. The normalized spacial score (nSPS) is 13.3. The van der Waals surface area contributed by atoms with Crippen LogP contribution in [0.1, 0.15) is 28.7 Å². The highest BCUT2D eigenvalue weighted by atomic mass is 19.1. The van der Waals surface area contributed by atoms with E-state index in [1.54, 1.807) is 18.2 Å². The van der Waals surface area contributed by atoms with Gasteiger partial charge in [0.25, 0.3) is 0 Å². The molecule has 0 aliphatic carbocycles. The molecule has 1 aromatic heterocycles. The maximum absolute atomic E-state index is 13.8. The number of aryl methyl sites for hydroxylation is 2. The number of hydrogen-bond donors (Lipinski definition) is 0. The van der Waals surface area contributed by atoms with Crippen LogP contribution in [-0.2, 0) is 29.0 Å². The molecule has 4 rings (SSSR count). The SMILES string of the molecule is COC(=O)Cc1cc(C)c2cc1OCCCc1cc(F)ccc1COc1cccc-2n1. The van der Waals surface area contributed by atoms with Crippen LogP contribution in [-0.4, -0.2) is 24.7 Å². The molecule has 5 nitrogen and oxygen atoms in total. The van der Waals surface area contributed by atoms with Gasteiger partial charge in [-0.15, -0.1) is 0 Å². The lowest BCUT2D eigenvalue weighted by molar-refractivity contribution is -0.139. The molecular weight excluding hydrogens is 397 g/mol. The summed E-state index contributed by atoms with van der Waals surface area (Å²) in [5, 5.41) is 0. The summed E-state index contributed by atoms with van der Waals surface area (Å²) < 4.78 is 30.7. The average Bonchev–Trinajstić information content (AvgIpc) is 2.76. The van der Waals surface area contributed by atoms with Crippen molar-refractivity contribution in [3.63, 3.8) is 0 Å². The van der Waals surface area contributed by atoms with Gasteiger partial charge in [0.05, 0.1) is 25.8 Å². The van der Waals surface area contributed by atoms with Crippen molar-refractivity contribution in [2.75, 3.05) is 13.7 Å². The lowest BCUT2D eigenvalue weighted by Crippen LogP contribution is -2.10. The van der Waals surface area contributed by atoms with Crippen LogP contribution < -0.4 is 9.47 Å². The molecule has 0 unspecified atom stereocenters. The van der Waals surface area contributed by atoms with E-state index in [0.717, 1.165) is 33.5 Å². The number of methoxy groups -OCH3 is 1. The smallest absolute Gasteiger partial charge is 0.310 e. The number of hydrogen-bond acceptors (Lipinski definition) is 5. The molecule has 1 aliphatic heterocycles. The van der Waals surface area contributed by atoms with E-state index in [1.165, 1.54) is 13.2 Å². The van der Waals surface area contributed by atoms with Gasteiger partial charge in [-0.3, -0.25) is 4.79 Å². The Morgan fingerprint density at radius 3 is 2.84 bits per heavy atom. The Hall–Kier alpha value is -3.41. The Labute approximate surface area is 180 Å². The summed E-state index contributed by atoms with van der Waals surface area (Å²) in [6, 6.07) is 14.2.